The fraction of sp³-hybridized carbons (Fsp3) is 0.444. The van der Waals surface area contributed by atoms with Crippen molar-refractivity contribution in [2.24, 2.45) is 5.92 Å². The predicted octanol–water partition coefficient (Wildman–Crippen LogP) is 3.06. The first-order chi connectivity index (χ1) is 13.4. The Morgan fingerprint density at radius 3 is 2.89 bits per heavy atom. The van der Waals surface area contributed by atoms with Gasteiger partial charge in [0.25, 0.3) is 5.91 Å². The third-order valence-corrected chi connectivity index (χ3v) is 4.01. The molecule has 1 atom stereocenters. The van der Waals surface area contributed by atoms with Crippen LogP contribution in [0.2, 0.25) is 0 Å². The molecule has 7 nitrogen and oxygen atoms in total. The summed E-state index contributed by atoms with van der Waals surface area (Å²) < 4.78 is 56.3. The van der Waals surface area contributed by atoms with Crippen molar-refractivity contribution in [1.82, 2.24) is 10.5 Å². The Morgan fingerprint density at radius 2 is 2.14 bits per heavy atom. The van der Waals surface area contributed by atoms with Gasteiger partial charge in [0, 0.05) is 25.1 Å². The van der Waals surface area contributed by atoms with Crippen molar-refractivity contribution in [3.05, 3.63) is 47.3 Å². The summed E-state index contributed by atoms with van der Waals surface area (Å²) in [7, 11) is 0. The van der Waals surface area contributed by atoms with Gasteiger partial charge in [-0.2, -0.15) is 0 Å². The topological polar surface area (TPSA) is 82.8 Å². The first-order valence-electron chi connectivity index (χ1n) is 8.63. The molecule has 0 aliphatic carbocycles. The lowest BCUT2D eigenvalue weighted by Gasteiger charge is -2.10. The maximum Gasteiger partial charge on any atom is 0.573 e. The summed E-state index contributed by atoms with van der Waals surface area (Å²) in [5.41, 5.74) is 0.635. The summed E-state index contributed by atoms with van der Waals surface area (Å²) in [5, 5.41) is 6.47. The molecule has 28 heavy (non-hydrogen) atoms. The summed E-state index contributed by atoms with van der Waals surface area (Å²) in [6, 6.07) is 6.94. The maximum absolute atomic E-state index is 12.2. The van der Waals surface area contributed by atoms with Gasteiger partial charge in [0.2, 0.25) is 0 Å². The van der Waals surface area contributed by atoms with E-state index in [1.807, 2.05) is 0 Å². The van der Waals surface area contributed by atoms with Crippen LogP contribution in [-0.4, -0.2) is 37.2 Å². The Labute approximate surface area is 158 Å². The zero-order valence-electron chi connectivity index (χ0n) is 14.8. The maximum atomic E-state index is 12.2. The van der Waals surface area contributed by atoms with Crippen molar-refractivity contribution < 1.29 is 36.7 Å². The second kappa shape index (κ2) is 9.07. The van der Waals surface area contributed by atoms with Crippen LogP contribution >= 0.6 is 0 Å². The van der Waals surface area contributed by atoms with E-state index in [1.54, 1.807) is 6.07 Å². The first-order valence-corrected chi connectivity index (χ1v) is 8.63. The van der Waals surface area contributed by atoms with Gasteiger partial charge in [0.05, 0.1) is 13.2 Å². The molecule has 152 valence electrons. The number of nitrogens with zero attached hydrogens (tertiary/aromatic N) is 1. The minimum absolute atomic E-state index is 0.0150. The lowest BCUT2D eigenvalue weighted by Crippen LogP contribution is -2.29. The average molecular weight is 400 g/mol. The van der Waals surface area contributed by atoms with Gasteiger partial charge in [-0.3, -0.25) is 4.79 Å². The van der Waals surface area contributed by atoms with Gasteiger partial charge >= 0.3 is 6.36 Å². The van der Waals surface area contributed by atoms with Crippen LogP contribution in [0.1, 0.15) is 28.2 Å². The number of nitrogens with one attached hydrogen (secondary N) is 1. The number of amides is 1. The number of carbonyl (C=O) groups is 1. The summed E-state index contributed by atoms with van der Waals surface area (Å²) in [5.74, 6) is -0.0356. The lowest BCUT2D eigenvalue weighted by molar-refractivity contribution is -0.274. The fourth-order valence-corrected chi connectivity index (χ4v) is 2.66. The lowest BCUT2D eigenvalue weighted by atomic mass is 10.1. The van der Waals surface area contributed by atoms with Crippen LogP contribution in [0.5, 0.6) is 5.75 Å². The highest BCUT2D eigenvalue weighted by molar-refractivity contribution is 5.92. The van der Waals surface area contributed by atoms with Crippen LogP contribution in [0.25, 0.3) is 0 Å². The van der Waals surface area contributed by atoms with Gasteiger partial charge in [-0.25, -0.2) is 0 Å². The number of alkyl halides is 3. The Bertz CT molecular complexity index is 788. The van der Waals surface area contributed by atoms with Gasteiger partial charge in [-0.05, 0) is 24.1 Å². The average Bonchev–Trinajstić information content (AvgIpc) is 3.30. The minimum Gasteiger partial charge on any atom is -0.406 e. The van der Waals surface area contributed by atoms with E-state index in [2.05, 4.69) is 15.2 Å². The van der Waals surface area contributed by atoms with Gasteiger partial charge < -0.3 is 24.1 Å². The molecule has 1 saturated heterocycles. The van der Waals surface area contributed by atoms with Crippen LogP contribution in [-0.2, 0) is 22.7 Å². The molecule has 1 fully saturated rings. The van der Waals surface area contributed by atoms with Crippen molar-refractivity contribution in [3.8, 4) is 5.75 Å². The first kappa shape index (κ1) is 20.2. The second-order valence-electron chi connectivity index (χ2n) is 6.31. The van der Waals surface area contributed by atoms with Crippen molar-refractivity contribution >= 4 is 5.91 Å². The number of hydrogen-bond acceptors (Lipinski definition) is 6. The fourth-order valence-electron chi connectivity index (χ4n) is 2.66. The largest absolute Gasteiger partial charge is 0.573 e. The monoisotopic (exact) mass is 400 g/mol. The van der Waals surface area contributed by atoms with E-state index in [1.165, 1.54) is 24.3 Å². The normalized spacial score (nSPS) is 16.9. The number of halogens is 3. The van der Waals surface area contributed by atoms with Crippen LogP contribution in [0.4, 0.5) is 13.2 Å². The smallest absolute Gasteiger partial charge is 0.406 e. The van der Waals surface area contributed by atoms with E-state index < -0.39 is 6.36 Å². The molecule has 10 heteroatoms. The number of hydrogen-bond donors (Lipinski definition) is 1. The molecule has 0 saturated carbocycles. The van der Waals surface area contributed by atoms with Gasteiger partial charge in [0.15, 0.2) is 11.5 Å². The van der Waals surface area contributed by atoms with Crippen molar-refractivity contribution in [3.63, 3.8) is 0 Å². The van der Waals surface area contributed by atoms with Crippen molar-refractivity contribution in [2.45, 2.75) is 26.0 Å². The van der Waals surface area contributed by atoms with E-state index in [4.69, 9.17) is 14.0 Å². The number of ether oxygens (including phenoxy) is 3. The summed E-state index contributed by atoms with van der Waals surface area (Å²) in [6.45, 7) is 1.90. The molecular formula is C18H19F3N2O5. The molecule has 1 aliphatic heterocycles. The Hall–Kier alpha value is -2.59. The summed E-state index contributed by atoms with van der Waals surface area (Å²) in [6.07, 6.45) is -3.84. The molecule has 2 aromatic rings. The Morgan fingerprint density at radius 1 is 1.29 bits per heavy atom. The number of carbonyl (C=O) groups excluding carboxylic acids is 1. The molecule has 3 rings (SSSR count). The highest BCUT2D eigenvalue weighted by Gasteiger charge is 2.31. The van der Waals surface area contributed by atoms with E-state index in [-0.39, 0.29) is 30.6 Å². The Balaban J connectivity index is 1.44. The highest BCUT2D eigenvalue weighted by atomic mass is 19.4. The van der Waals surface area contributed by atoms with Crippen LogP contribution in [0, 0.1) is 5.92 Å². The molecule has 0 radical (unpaired) electrons. The molecule has 1 aromatic heterocycles. The predicted molar refractivity (Wildman–Crippen MR) is 89.4 cm³/mol. The Kier molecular flexibility index (Phi) is 6.53. The van der Waals surface area contributed by atoms with Crippen molar-refractivity contribution in [2.75, 3.05) is 19.8 Å². The summed E-state index contributed by atoms with van der Waals surface area (Å²) in [4.78, 5) is 12.0. The van der Waals surface area contributed by atoms with Crippen LogP contribution in [0.3, 0.4) is 0 Å². The third-order valence-electron chi connectivity index (χ3n) is 4.01. The van der Waals surface area contributed by atoms with Crippen LogP contribution in [0.15, 0.2) is 34.9 Å². The van der Waals surface area contributed by atoms with E-state index >= 15 is 0 Å². The number of benzene rings is 1. The van der Waals surface area contributed by atoms with Gasteiger partial charge in [-0.1, -0.05) is 17.3 Å². The number of rotatable bonds is 8. The van der Waals surface area contributed by atoms with E-state index in [0.717, 1.165) is 6.42 Å². The molecule has 1 N–H and O–H groups in total. The summed E-state index contributed by atoms with van der Waals surface area (Å²) >= 11 is 0. The minimum atomic E-state index is -4.75. The second-order valence-corrected chi connectivity index (χ2v) is 6.31. The molecule has 1 aromatic carbocycles. The highest BCUT2D eigenvalue weighted by Crippen LogP contribution is 2.23. The third kappa shape index (κ3) is 6.24. The molecule has 1 unspecified atom stereocenters. The van der Waals surface area contributed by atoms with E-state index in [0.29, 0.717) is 37.0 Å². The van der Waals surface area contributed by atoms with Gasteiger partial charge in [-0.15, -0.1) is 13.2 Å². The quantitative estimate of drug-likeness (QED) is 0.734. The molecule has 0 spiro atoms. The number of aromatic nitrogens is 1. The molecular weight excluding hydrogens is 381 g/mol. The van der Waals surface area contributed by atoms with Crippen LogP contribution < -0.4 is 10.1 Å². The zero-order chi connectivity index (χ0) is 20.0. The van der Waals surface area contributed by atoms with E-state index in [9.17, 15) is 18.0 Å². The SMILES string of the molecule is O=C(NCC1CCOC1)c1cc(COCc2cccc(OC(F)(F)F)c2)on1. The molecule has 0 bridgehead atoms. The zero-order valence-corrected chi connectivity index (χ0v) is 14.8. The standard InChI is InChI=1S/C18H19F3N2O5/c19-18(20,21)27-14-3-1-2-12(6-14)9-26-11-15-7-16(23-28-15)17(24)22-8-13-4-5-25-10-13/h1-3,6-7,13H,4-5,8-11H2,(H,22,24). The molecule has 1 amide bonds. The molecule has 1 aliphatic rings. The van der Waals surface area contributed by atoms with Gasteiger partial charge in [0.1, 0.15) is 12.4 Å². The van der Waals surface area contributed by atoms with Crippen molar-refractivity contribution in [1.29, 1.82) is 0 Å². The molecule has 2 heterocycles.